The summed E-state index contributed by atoms with van der Waals surface area (Å²) in [5, 5.41) is 4.45. The van der Waals surface area contributed by atoms with Crippen LogP contribution in [0.4, 0.5) is 5.82 Å². The lowest BCUT2D eigenvalue weighted by atomic mass is 10.1. The van der Waals surface area contributed by atoms with Crippen molar-refractivity contribution in [1.29, 1.82) is 0 Å². The Morgan fingerprint density at radius 2 is 1.71 bits per heavy atom. The summed E-state index contributed by atoms with van der Waals surface area (Å²) < 4.78 is 28.3. The number of hydrogen-bond donors (Lipinski definition) is 2. The van der Waals surface area contributed by atoms with E-state index in [1.165, 1.54) is 0 Å². The van der Waals surface area contributed by atoms with Crippen LogP contribution in [0.25, 0.3) is 10.8 Å². The third kappa shape index (κ3) is 4.55. The van der Waals surface area contributed by atoms with E-state index in [0.29, 0.717) is 5.82 Å². The number of nitrogens with one attached hydrogen (secondary N) is 2. The van der Waals surface area contributed by atoms with Crippen molar-refractivity contribution in [3.05, 3.63) is 66.4 Å². The summed E-state index contributed by atoms with van der Waals surface area (Å²) in [6.45, 7) is 5.47. The molecule has 3 rings (SSSR count). The van der Waals surface area contributed by atoms with E-state index in [1.54, 1.807) is 44.3 Å². The molecule has 1 unspecified atom stereocenters. The van der Waals surface area contributed by atoms with Crippen molar-refractivity contribution in [2.75, 3.05) is 5.32 Å². The zero-order valence-corrected chi connectivity index (χ0v) is 16.8. The Morgan fingerprint density at radius 1 is 1.00 bits per heavy atom. The molecule has 1 heterocycles. The highest BCUT2D eigenvalue weighted by Gasteiger charge is 2.28. The molecule has 0 aliphatic carbocycles. The second-order valence-corrected chi connectivity index (χ2v) is 8.78. The third-order valence-electron chi connectivity index (χ3n) is 4.43. The van der Waals surface area contributed by atoms with Gasteiger partial charge in [0.05, 0.1) is 4.90 Å². The third-order valence-corrected chi connectivity index (χ3v) is 5.86. The van der Waals surface area contributed by atoms with E-state index in [1.807, 2.05) is 37.3 Å². The molecule has 0 bridgehead atoms. The summed E-state index contributed by atoms with van der Waals surface area (Å²) in [4.78, 5) is 16.9. The number of rotatable bonds is 6. The number of sulfonamides is 1. The molecule has 1 aromatic heterocycles. The van der Waals surface area contributed by atoms with Crippen LogP contribution in [0, 0.1) is 12.8 Å². The molecule has 0 radical (unpaired) electrons. The first-order valence-electron chi connectivity index (χ1n) is 9.01. The van der Waals surface area contributed by atoms with E-state index in [-0.39, 0.29) is 10.8 Å². The van der Waals surface area contributed by atoms with Crippen molar-refractivity contribution in [2.24, 2.45) is 5.92 Å². The van der Waals surface area contributed by atoms with Crippen molar-refractivity contribution in [2.45, 2.75) is 31.7 Å². The first kappa shape index (κ1) is 20.0. The number of benzene rings is 2. The Bertz CT molecular complexity index is 1090. The van der Waals surface area contributed by atoms with Crippen LogP contribution in [0.15, 0.2) is 65.7 Å². The second-order valence-electron chi connectivity index (χ2n) is 7.06. The van der Waals surface area contributed by atoms with Gasteiger partial charge < -0.3 is 5.32 Å². The van der Waals surface area contributed by atoms with E-state index in [9.17, 15) is 13.2 Å². The van der Waals surface area contributed by atoms with Gasteiger partial charge in [-0.05, 0) is 47.4 Å². The Kier molecular flexibility index (Phi) is 5.76. The quantitative estimate of drug-likeness (QED) is 0.666. The molecule has 1 atom stereocenters. The van der Waals surface area contributed by atoms with Gasteiger partial charge in [0.2, 0.25) is 15.9 Å². The number of carbonyl (C=O) groups excluding carboxylic acids is 1. The van der Waals surface area contributed by atoms with Gasteiger partial charge in [0, 0.05) is 6.20 Å². The SMILES string of the molecule is Cc1ccc(NC(=O)C(NS(=O)(=O)c2ccc3ccccc3c2)C(C)C)nc1. The molecule has 3 aromatic rings. The first-order chi connectivity index (χ1) is 13.3. The molecule has 2 aromatic carbocycles. The molecule has 1 amide bonds. The van der Waals surface area contributed by atoms with Crippen LogP contribution in [-0.4, -0.2) is 25.4 Å². The molecular weight excluding hydrogens is 374 g/mol. The van der Waals surface area contributed by atoms with Crippen LogP contribution in [0.5, 0.6) is 0 Å². The average Bonchev–Trinajstić information content (AvgIpc) is 2.67. The van der Waals surface area contributed by atoms with E-state index >= 15 is 0 Å². The van der Waals surface area contributed by atoms with Crippen LogP contribution in [0.2, 0.25) is 0 Å². The molecule has 0 spiro atoms. The Balaban J connectivity index is 1.83. The maximum atomic E-state index is 12.9. The Labute approximate surface area is 165 Å². The summed E-state index contributed by atoms with van der Waals surface area (Å²) >= 11 is 0. The lowest BCUT2D eigenvalue weighted by Crippen LogP contribution is -2.47. The fraction of sp³-hybridized carbons (Fsp3) is 0.238. The van der Waals surface area contributed by atoms with E-state index in [0.717, 1.165) is 16.3 Å². The fourth-order valence-corrected chi connectivity index (χ4v) is 4.19. The molecule has 6 nitrogen and oxygen atoms in total. The number of anilines is 1. The van der Waals surface area contributed by atoms with Gasteiger partial charge >= 0.3 is 0 Å². The number of amides is 1. The van der Waals surface area contributed by atoms with Gasteiger partial charge in [-0.15, -0.1) is 0 Å². The average molecular weight is 398 g/mol. The summed E-state index contributed by atoms with van der Waals surface area (Å²) in [5.74, 6) is -0.317. The number of fused-ring (bicyclic) bond motifs is 1. The summed E-state index contributed by atoms with van der Waals surface area (Å²) in [5.41, 5.74) is 0.968. The maximum absolute atomic E-state index is 12.9. The molecule has 2 N–H and O–H groups in total. The summed E-state index contributed by atoms with van der Waals surface area (Å²) in [6, 6.07) is 15.0. The van der Waals surface area contributed by atoms with Crippen LogP contribution in [0.3, 0.4) is 0 Å². The molecular formula is C21H23N3O3S. The van der Waals surface area contributed by atoms with Crippen molar-refractivity contribution < 1.29 is 13.2 Å². The molecule has 28 heavy (non-hydrogen) atoms. The van der Waals surface area contributed by atoms with Gasteiger partial charge in [-0.2, -0.15) is 4.72 Å². The van der Waals surface area contributed by atoms with Gasteiger partial charge in [0.25, 0.3) is 0 Å². The Hall–Kier alpha value is -2.77. The summed E-state index contributed by atoms with van der Waals surface area (Å²) in [6.07, 6.45) is 1.64. The molecule has 0 saturated carbocycles. The minimum atomic E-state index is -3.87. The standard InChI is InChI=1S/C21H23N3O3S/c1-14(2)20(21(25)23-19-11-8-15(3)13-22-19)24-28(26,27)18-10-9-16-6-4-5-7-17(16)12-18/h4-14,20,24H,1-3H3,(H,22,23,25). The maximum Gasteiger partial charge on any atom is 0.243 e. The fourth-order valence-electron chi connectivity index (χ4n) is 2.81. The van der Waals surface area contributed by atoms with Gasteiger partial charge in [0.15, 0.2) is 0 Å². The zero-order chi connectivity index (χ0) is 20.3. The smallest absolute Gasteiger partial charge is 0.243 e. The predicted molar refractivity (Wildman–Crippen MR) is 110 cm³/mol. The molecule has 0 saturated heterocycles. The zero-order valence-electron chi connectivity index (χ0n) is 16.0. The van der Waals surface area contributed by atoms with Crippen molar-refractivity contribution >= 4 is 32.5 Å². The highest BCUT2D eigenvalue weighted by Crippen LogP contribution is 2.20. The van der Waals surface area contributed by atoms with Gasteiger partial charge in [-0.1, -0.05) is 50.2 Å². The van der Waals surface area contributed by atoms with Crippen LogP contribution in [-0.2, 0) is 14.8 Å². The number of carbonyl (C=O) groups is 1. The Morgan fingerprint density at radius 3 is 2.36 bits per heavy atom. The van der Waals surface area contributed by atoms with E-state index < -0.39 is 22.0 Å². The lowest BCUT2D eigenvalue weighted by molar-refractivity contribution is -0.118. The number of nitrogens with zero attached hydrogens (tertiary/aromatic N) is 1. The first-order valence-corrected chi connectivity index (χ1v) is 10.5. The van der Waals surface area contributed by atoms with Gasteiger partial charge in [0.1, 0.15) is 11.9 Å². The molecule has 0 aliphatic heterocycles. The monoisotopic (exact) mass is 397 g/mol. The molecule has 0 aliphatic rings. The molecule has 7 heteroatoms. The predicted octanol–water partition coefficient (Wildman–Crippen LogP) is 3.48. The topological polar surface area (TPSA) is 88.2 Å². The van der Waals surface area contributed by atoms with Crippen LogP contribution in [0.1, 0.15) is 19.4 Å². The number of hydrogen-bond acceptors (Lipinski definition) is 4. The normalized spacial score (nSPS) is 12.9. The molecule has 0 fully saturated rings. The number of aromatic nitrogens is 1. The van der Waals surface area contributed by atoms with Crippen LogP contribution >= 0.6 is 0 Å². The van der Waals surface area contributed by atoms with Gasteiger partial charge in [-0.25, -0.2) is 13.4 Å². The summed E-state index contributed by atoms with van der Waals surface area (Å²) in [7, 11) is -3.87. The largest absolute Gasteiger partial charge is 0.309 e. The van der Waals surface area contributed by atoms with Crippen molar-refractivity contribution in [1.82, 2.24) is 9.71 Å². The second kappa shape index (κ2) is 8.08. The van der Waals surface area contributed by atoms with E-state index in [4.69, 9.17) is 0 Å². The van der Waals surface area contributed by atoms with Gasteiger partial charge in [-0.3, -0.25) is 4.79 Å². The highest BCUT2D eigenvalue weighted by atomic mass is 32.2. The van der Waals surface area contributed by atoms with Crippen LogP contribution < -0.4 is 10.0 Å². The number of pyridine rings is 1. The number of aryl methyl sites for hydroxylation is 1. The molecule has 146 valence electrons. The minimum absolute atomic E-state index is 0.123. The minimum Gasteiger partial charge on any atom is -0.309 e. The van der Waals surface area contributed by atoms with Crippen molar-refractivity contribution in [3.63, 3.8) is 0 Å². The highest BCUT2D eigenvalue weighted by molar-refractivity contribution is 7.89. The lowest BCUT2D eigenvalue weighted by Gasteiger charge is -2.21. The van der Waals surface area contributed by atoms with E-state index in [2.05, 4.69) is 15.0 Å². The van der Waals surface area contributed by atoms with Crippen molar-refractivity contribution in [3.8, 4) is 0 Å².